The van der Waals surface area contributed by atoms with Crippen LogP contribution in [0, 0.1) is 0 Å². The fourth-order valence-corrected chi connectivity index (χ4v) is 1.26. The van der Waals surface area contributed by atoms with Gasteiger partial charge >= 0.3 is 6.03 Å². The van der Waals surface area contributed by atoms with E-state index >= 15 is 0 Å². The highest BCUT2D eigenvalue weighted by atomic mass is 32.1. The summed E-state index contributed by atoms with van der Waals surface area (Å²) in [6.07, 6.45) is 1.63. The maximum atomic E-state index is 11.0. The first-order valence-electron chi connectivity index (χ1n) is 3.51. The number of carbonyl (C=O) groups is 1. The molecule has 0 radical (unpaired) electrons. The Hall–Kier alpha value is -1.29. The molecule has 0 aliphatic carbocycles. The average molecular weight is 182 g/mol. The van der Waals surface area contributed by atoms with E-state index in [1.807, 2.05) is 16.8 Å². The maximum absolute atomic E-state index is 11.0. The van der Waals surface area contributed by atoms with Gasteiger partial charge in [-0.15, -0.1) is 6.58 Å². The van der Waals surface area contributed by atoms with E-state index in [-0.39, 0.29) is 6.03 Å². The van der Waals surface area contributed by atoms with Crippen LogP contribution in [-0.2, 0) is 0 Å². The van der Waals surface area contributed by atoms with E-state index in [0.717, 1.165) is 5.69 Å². The Balaban J connectivity index is 2.32. The molecule has 1 rings (SSSR count). The van der Waals surface area contributed by atoms with E-state index in [9.17, 15) is 4.79 Å². The zero-order valence-electron chi connectivity index (χ0n) is 6.54. The topological polar surface area (TPSA) is 41.1 Å². The summed E-state index contributed by atoms with van der Waals surface area (Å²) in [5.41, 5.74) is 0.821. The molecule has 0 saturated carbocycles. The van der Waals surface area contributed by atoms with Crippen molar-refractivity contribution in [2.75, 3.05) is 11.9 Å². The molecule has 0 aliphatic rings. The molecule has 0 atom stereocenters. The molecule has 3 nitrogen and oxygen atoms in total. The predicted molar refractivity (Wildman–Crippen MR) is 51.5 cm³/mol. The van der Waals surface area contributed by atoms with Crippen molar-refractivity contribution in [3.05, 3.63) is 29.5 Å². The quantitative estimate of drug-likeness (QED) is 0.690. The van der Waals surface area contributed by atoms with E-state index in [0.29, 0.717) is 6.54 Å². The van der Waals surface area contributed by atoms with E-state index in [1.165, 1.54) is 0 Å². The van der Waals surface area contributed by atoms with Gasteiger partial charge in [-0.05, 0) is 11.4 Å². The fraction of sp³-hybridized carbons (Fsp3) is 0.125. The first-order chi connectivity index (χ1) is 5.83. The minimum Gasteiger partial charge on any atom is -0.334 e. The summed E-state index contributed by atoms with van der Waals surface area (Å²) >= 11 is 1.54. The van der Waals surface area contributed by atoms with Crippen molar-refractivity contribution < 1.29 is 4.79 Å². The number of rotatable bonds is 3. The lowest BCUT2D eigenvalue weighted by Gasteiger charge is -2.02. The third kappa shape index (κ3) is 2.75. The summed E-state index contributed by atoms with van der Waals surface area (Å²) in [6.45, 7) is 3.97. The Labute approximate surface area is 75.1 Å². The number of hydrogen-bond acceptors (Lipinski definition) is 2. The molecule has 4 heteroatoms. The predicted octanol–water partition coefficient (Wildman–Crippen LogP) is 2.06. The summed E-state index contributed by atoms with van der Waals surface area (Å²) in [5.74, 6) is 0. The highest BCUT2D eigenvalue weighted by Crippen LogP contribution is 2.10. The van der Waals surface area contributed by atoms with Crippen molar-refractivity contribution in [1.82, 2.24) is 5.32 Å². The zero-order chi connectivity index (χ0) is 8.81. The molecule has 1 aromatic heterocycles. The minimum atomic E-state index is -0.201. The molecule has 0 unspecified atom stereocenters. The summed E-state index contributed by atoms with van der Waals surface area (Å²) in [7, 11) is 0. The third-order valence-corrected chi connectivity index (χ3v) is 1.87. The Kier molecular flexibility index (Phi) is 3.35. The minimum absolute atomic E-state index is 0.201. The highest BCUT2D eigenvalue weighted by molar-refractivity contribution is 7.08. The molecule has 12 heavy (non-hydrogen) atoms. The second-order valence-electron chi connectivity index (χ2n) is 2.14. The highest BCUT2D eigenvalue weighted by Gasteiger charge is 1.98. The lowest BCUT2D eigenvalue weighted by molar-refractivity contribution is 0.253. The van der Waals surface area contributed by atoms with Gasteiger partial charge in [0, 0.05) is 11.9 Å². The second kappa shape index (κ2) is 4.56. The fourth-order valence-electron chi connectivity index (χ4n) is 0.676. The lowest BCUT2D eigenvalue weighted by atomic mass is 10.5. The molecule has 0 aliphatic heterocycles. The standard InChI is InChI=1S/C8H10N2OS/c1-2-4-9-8(11)10-7-3-5-12-6-7/h2-3,5-6H,1,4H2,(H2,9,10,11). The summed E-state index contributed by atoms with van der Waals surface area (Å²) in [4.78, 5) is 11.0. The smallest absolute Gasteiger partial charge is 0.319 e. The van der Waals surface area contributed by atoms with Crippen molar-refractivity contribution in [3.8, 4) is 0 Å². The van der Waals surface area contributed by atoms with Crippen LogP contribution in [0.2, 0.25) is 0 Å². The van der Waals surface area contributed by atoms with Crippen LogP contribution >= 0.6 is 11.3 Å². The Morgan fingerprint density at radius 2 is 2.58 bits per heavy atom. The van der Waals surface area contributed by atoms with Crippen molar-refractivity contribution in [3.63, 3.8) is 0 Å². The molecular weight excluding hydrogens is 172 g/mol. The van der Waals surface area contributed by atoms with Crippen LogP contribution in [0.1, 0.15) is 0 Å². The summed E-state index contributed by atoms with van der Waals surface area (Å²) in [5, 5.41) is 9.05. The maximum Gasteiger partial charge on any atom is 0.319 e. The SMILES string of the molecule is C=CCNC(=O)Nc1ccsc1. The van der Waals surface area contributed by atoms with Gasteiger partial charge in [0.15, 0.2) is 0 Å². The Morgan fingerprint density at radius 3 is 3.17 bits per heavy atom. The van der Waals surface area contributed by atoms with Crippen LogP contribution in [0.5, 0.6) is 0 Å². The lowest BCUT2D eigenvalue weighted by Crippen LogP contribution is -2.28. The van der Waals surface area contributed by atoms with Crippen molar-refractivity contribution in [1.29, 1.82) is 0 Å². The largest absolute Gasteiger partial charge is 0.334 e. The molecule has 2 amide bonds. The van der Waals surface area contributed by atoms with Crippen LogP contribution < -0.4 is 10.6 Å². The molecular formula is C8H10N2OS. The van der Waals surface area contributed by atoms with E-state index < -0.39 is 0 Å². The molecule has 1 heterocycles. The number of nitrogens with one attached hydrogen (secondary N) is 2. The van der Waals surface area contributed by atoms with Crippen LogP contribution in [-0.4, -0.2) is 12.6 Å². The molecule has 2 N–H and O–H groups in total. The van der Waals surface area contributed by atoms with Gasteiger partial charge in [0.1, 0.15) is 0 Å². The van der Waals surface area contributed by atoms with Crippen LogP contribution in [0.4, 0.5) is 10.5 Å². The number of hydrogen-bond donors (Lipinski definition) is 2. The van der Waals surface area contributed by atoms with Gasteiger partial charge < -0.3 is 10.6 Å². The normalized spacial score (nSPS) is 9.00. The molecule has 0 fully saturated rings. The average Bonchev–Trinajstić information content (AvgIpc) is 2.53. The van der Waals surface area contributed by atoms with Gasteiger partial charge in [0.25, 0.3) is 0 Å². The van der Waals surface area contributed by atoms with Crippen LogP contribution in [0.25, 0.3) is 0 Å². The number of thiophene rings is 1. The molecule has 0 aromatic carbocycles. The zero-order valence-corrected chi connectivity index (χ0v) is 7.36. The first-order valence-corrected chi connectivity index (χ1v) is 4.45. The molecule has 0 spiro atoms. The molecule has 0 saturated heterocycles. The molecule has 1 aromatic rings. The van der Waals surface area contributed by atoms with Gasteiger partial charge in [0.05, 0.1) is 5.69 Å². The monoisotopic (exact) mass is 182 g/mol. The molecule has 64 valence electrons. The van der Waals surface area contributed by atoms with Crippen molar-refractivity contribution >= 4 is 23.1 Å². The van der Waals surface area contributed by atoms with E-state index in [1.54, 1.807) is 17.4 Å². The number of carbonyl (C=O) groups excluding carboxylic acids is 1. The van der Waals surface area contributed by atoms with E-state index in [4.69, 9.17) is 0 Å². The van der Waals surface area contributed by atoms with Crippen molar-refractivity contribution in [2.45, 2.75) is 0 Å². The number of amides is 2. The van der Waals surface area contributed by atoms with Gasteiger partial charge in [-0.1, -0.05) is 6.08 Å². The Bertz CT molecular complexity index is 256. The number of urea groups is 1. The molecule has 0 bridgehead atoms. The van der Waals surface area contributed by atoms with Gasteiger partial charge in [-0.2, -0.15) is 11.3 Å². The Morgan fingerprint density at radius 1 is 1.75 bits per heavy atom. The summed E-state index contributed by atoms with van der Waals surface area (Å²) < 4.78 is 0. The first kappa shape index (κ1) is 8.80. The van der Waals surface area contributed by atoms with Crippen LogP contribution in [0.15, 0.2) is 29.5 Å². The van der Waals surface area contributed by atoms with Crippen molar-refractivity contribution in [2.24, 2.45) is 0 Å². The van der Waals surface area contributed by atoms with Gasteiger partial charge in [-0.25, -0.2) is 4.79 Å². The van der Waals surface area contributed by atoms with Gasteiger partial charge in [-0.3, -0.25) is 0 Å². The second-order valence-corrected chi connectivity index (χ2v) is 2.92. The number of anilines is 1. The third-order valence-electron chi connectivity index (χ3n) is 1.19. The van der Waals surface area contributed by atoms with E-state index in [2.05, 4.69) is 17.2 Å². The summed E-state index contributed by atoms with van der Waals surface area (Å²) in [6, 6.07) is 1.64. The van der Waals surface area contributed by atoms with Crippen LogP contribution in [0.3, 0.4) is 0 Å². The van der Waals surface area contributed by atoms with Gasteiger partial charge in [0.2, 0.25) is 0 Å².